The van der Waals surface area contributed by atoms with Crippen LogP contribution in [0.4, 0.5) is 5.69 Å². The Labute approximate surface area is 113 Å². The van der Waals surface area contributed by atoms with Crippen LogP contribution in [0, 0.1) is 11.3 Å². The minimum atomic E-state index is -0.602. The van der Waals surface area contributed by atoms with Crippen molar-refractivity contribution >= 4 is 11.6 Å². The minimum absolute atomic E-state index is 0.0752. The van der Waals surface area contributed by atoms with Crippen molar-refractivity contribution in [1.82, 2.24) is 4.90 Å². The topological polar surface area (TPSA) is 79.3 Å². The fourth-order valence-corrected chi connectivity index (χ4v) is 1.76. The molecular formula is C14H19N3O2. The molecule has 0 aliphatic heterocycles. The quantitative estimate of drug-likeness (QED) is 0.819. The Morgan fingerprint density at radius 2 is 2.11 bits per heavy atom. The summed E-state index contributed by atoms with van der Waals surface area (Å²) in [7, 11) is 0. The van der Waals surface area contributed by atoms with Crippen LogP contribution in [0.25, 0.3) is 0 Å². The first-order chi connectivity index (χ1) is 9.03. The molecule has 0 heterocycles. The van der Waals surface area contributed by atoms with Crippen molar-refractivity contribution in [3.8, 4) is 11.8 Å². The van der Waals surface area contributed by atoms with Crippen LogP contribution in [-0.4, -0.2) is 30.0 Å². The number of nitrogens with two attached hydrogens (primary N) is 1. The number of hydrogen-bond acceptors (Lipinski definition) is 4. The molecule has 1 amide bonds. The zero-order chi connectivity index (χ0) is 14.4. The van der Waals surface area contributed by atoms with Gasteiger partial charge in [-0.15, -0.1) is 0 Å². The number of carbonyl (C=O) groups is 1. The Morgan fingerprint density at radius 3 is 2.58 bits per heavy atom. The van der Waals surface area contributed by atoms with Crippen molar-refractivity contribution in [3.63, 3.8) is 0 Å². The van der Waals surface area contributed by atoms with Crippen molar-refractivity contribution in [1.29, 1.82) is 5.26 Å². The Balaban J connectivity index is 2.80. The highest BCUT2D eigenvalue weighted by molar-refractivity contribution is 5.81. The molecule has 0 aromatic heterocycles. The largest absolute Gasteiger partial charge is 0.479 e. The van der Waals surface area contributed by atoms with Crippen molar-refractivity contribution in [2.75, 3.05) is 18.8 Å². The van der Waals surface area contributed by atoms with Crippen LogP contribution in [0.15, 0.2) is 18.2 Å². The Hall–Kier alpha value is -2.22. The SMILES string of the molecule is CCN(CC)C(=O)C(C)Oc1ccc(C#N)cc1N. The molecule has 2 N–H and O–H groups in total. The smallest absolute Gasteiger partial charge is 0.263 e. The first-order valence-electron chi connectivity index (χ1n) is 6.28. The van der Waals surface area contributed by atoms with E-state index in [0.29, 0.717) is 30.1 Å². The number of anilines is 1. The molecule has 1 aromatic carbocycles. The molecule has 102 valence electrons. The van der Waals surface area contributed by atoms with Crippen molar-refractivity contribution in [2.24, 2.45) is 0 Å². The number of ether oxygens (including phenoxy) is 1. The summed E-state index contributed by atoms with van der Waals surface area (Å²) in [5.41, 5.74) is 6.61. The van der Waals surface area contributed by atoms with E-state index in [1.54, 1.807) is 24.0 Å². The molecule has 5 heteroatoms. The molecule has 5 nitrogen and oxygen atoms in total. The van der Waals surface area contributed by atoms with E-state index in [9.17, 15) is 4.79 Å². The zero-order valence-electron chi connectivity index (χ0n) is 11.5. The number of hydrogen-bond donors (Lipinski definition) is 1. The summed E-state index contributed by atoms with van der Waals surface area (Å²) >= 11 is 0. The van der Waals surface area contributed by atoms with Gasteiger partial charge in [-0.1, -0.05) is 0 Å². The molecule has 0 aliphatic carbocycles. The summed E-state index contributed by atoms with van der Waals surface area (Å²) in [5.74, 6) is 0.348. The van der Waals surface area contributed by atoms with Gasteiger partial charge in [0.1, 0.15) is 5.75 Å². The average molecular weight is 261 g/mol. The molecule has 0 bridgehead atoms. The second kappa shape index (κ2) is 6.64. The van der Waals surface area contributed by atoms with E-state index in [4.69, 9.17) is 15.7 Å². The van der Waals surface area contributed by atoms with Crippen LogP contribution in [-0.2, 0) is 4.79 Å². The van der Waals surface area contributed by atoms with Gasteiger partial charge in [0.15, 0.2) is 6.10 Å². The number of nitrogens with zero attached hydrogens (tertiary/aromatic N) is 2. The average Bonchev–Trinajstić information content (AvgIpc) is 2.42. The molecule has 0 saturated heterocycles. The second-order valence-corrected chi connectivity index (χ2v) is 4.14. The monoisotopic (exact) mass is 261 g/mol. The highest BCUT2D eigenvalue weighted by atomic mass is 16.5. The number of nitrogen functional groups attached to an aromatic ring is 1. The lowest BCUT2D eigenvalue weighted by molar-refractivity contribution is -0.137. The van der Waals surface area contributed by atoms with Crippen LogP contribution < -0.4 is 10.5 Å². The highest BCUT2D eigenvalue weighted by Crippen LogP contribution is 2.23. The molecule has 1 aromatic rings. The maximum Gasteiger partial charge on any atom is 0.263 e. The number of nitriles is 1. The molecule has 1 atom stereocenters. The van der Waals surface area contributed by atoms with E-state index < -0.39 is 6.10 Å². The third kappa shape index (κ3) is 3.62. The maximum atomic E-state index is 12.1. The van der Waals surface area contributed by atoms with Crippen molar-refractivity contribution in [3.05, 3.63) is 23.8 Å². The summed E-state index contributed by atoms with van der Waals surface area (Å²) in [6, 6.07) is 6.75. The normalized spacial score (nSPS) is 11.5. The van der Waals surface area contributed by atoms with Crippen molar-refractivity contribution in [2.45, 2.75) is 26.9 Å². The maximum absolute atomic E-state index is 12.1. The van der Waals surface area contributed by atoms with Crippen LogP contribution in [0.2, 0.25) is 0 Å². The lowest BCUT2D eigenvalue weighted by Gasteiger charge is -2.23. The summed E-state index contributed by atoms with van der Waals surface area (Å²) in [5, 5.41) is 8.75. The van der Waals surface area contributed by atoms with Gasteiger partial charge < -0.3 is 15.4 Å². The molecular weight excluding hydrogens is 242 g/mol. The van der Waals surface area contributed by atoms with Gasteiger partial charge in [0.05, 0.1) is 17.3 Å². The summed E-state index contributed by atoms with van der Waals surface area (Å²) in [6.07, 6.45) is -0.602. The second-order valence-electron chi connectivity index (χ2n) is 4.14. The molecule has 1 unspecified atom stereocenters. The molecule has 0 saturated carbocycles. The number of carbonyl (C=O) groups excluding carboxylic acids is 1. The number of likely N-dealkylation sites (N-methyl/N-ethyl adjacent to an activating group) is 1. The molecule has 0 spiro atoms. The molecule has 1 rings (SSSR count). The third-order valence-corrected chi connectivity index (χ3v) is 2.87. The van der Waals surface area contributed by atoms with Crippen LogP contribution in [0.5, 0.6) is 5.75 Å². The van der Waals surface area contributed by atoms with Crippen LogP contribution in [0.3, 0.4) is 0 Å². The molecule has 19 heavy (non-hydrogen) atoms. The number of amides is 1. The van der Waals surface area contributed by atoms with Crippen LogP contribution in [0.1, 0.15) is 26.3 Å². The van der Waals surface area contributed by atoms with E-state index in [0.717, 1.165) is 0 Å². The fraction of sp³-hybridized carbons (Fsp3) is 0.429. The standard InChI is InChI=1S/C14H19N3O2/c1-4-17(5-2)14(18)10(3)19-13-7-6-11(9-15)8-12(13)16/h6-8,10H,4-5,16H2,1-3H3. The van der Waals surface area contributed by atoms with E-state index in [1.165, 1.54) is 6.07 Å². The van der Waals surface area contributed by atoms with Gasteiger partial charge in [0, 0.05) is 13.1 Å². The number of benzene rings is 1. The summed E-state index contributed by atoms with van der Waals surface area (Å²) in [4.78, 5) is 13.8. The van der Waals surface area contributed by atoms with Gasteiger partial charge in [0.25, 0.3) is 5.91 Å². The summed E-state index contributed by atoms with van der Waals surface area (Å²) in [6.45, 7) is 6.82. The lowest BCUT2D eigenvalue weighted by atomic mass is 10.2. The zero-order valence-corrected chi connectivity index (χ0v) is 11.5. The van der Waals surface area contributed by atoms with Gasteiger partial charge in [-0.3, -0.25) is 4.79 Å². The fourth-order valence-electron chi connectivity index (χ4n) is 1.76. The van der Waals surface area contributed by atoms with E-state index in [-0.39, 0.29) is 5.91 Å². The molecule has 0 radical (unpaired) electrons. The predicted molar refractivity (Wildman–Crippen MR) is 73.6 cm³/mol. The highest BCUT2D eigenvalue weighted by Gasteiger charge is 2.20. The van der Waals surface area contributed by atoms with Gasteiger partial charge in [-0.05, 0) is 39.0 Å². The Morgan fingerprint density at radius 1 is 1.47 bits per heavy atom. The predicted octanol–water partition coefficient (Wildman–Crippen LogP) is 1.78. The first-order valence-corrected chi connectivity index (χ1v) is 6.28. The lowest BCUT2D eigenvalue weighted by Crippen LogP contribution is -2.40. The Bertz CT molecular complexity index is 490. The van der Waals surface area contributed by atoms with Crippen LogP contribution >= 0.6 is 0 Å². The first kappa shape index (κ1) is 14.8. The third-order valence-electron chi connectivity index (χ3n) is 2.87. The van der Waals surface area contributed by atoms with Gasteiger partial charge >= 0.3 is 0 Å². The van der Waals surface area contributed by atoms with Gasteiger partial charge in [-0.25, -0.2) is 0 Å². The molecule has 0 fully saturated rings. The summed E-state index contributed by atoms with van der Waals surface area (Å²) < 4.78 is 5.57. The van der Waals surface area contributed by atoms with Gasteiger partial charge in [0.2, 0.25) is 0 Å². The van der Waals surface area contributed by atoms with E-state index in [1.807, 2.05) is 19.9 Å². The number of rotatable bonds is 5. The Kier molecular flexibility index (Phi) is 5.19. The van der Waals surface area contributed by atoms with Crippen molar-refractivity contribution < 1.29 is 9.53 Å². The molecule has 0 aliphatic rings. The van der Waals surface area contributed by atoms with E-state index in [2.05, 4.69) is 0 Å². The minimum Gasteiger partial charge on any atom is -0.479 e. The van der Waals surface area contributed by atoms with Gasteiger partial charge in [-0.2, -0.15) is 5.26 Å². The van der Waals surface area contributed by atoms with E-state index >= 15 is 0 Å².